The van der Waals surface area contributed by atoms with E-state index in [1.165, 1.54) is 28.9 Å². The fourth-order valence-corrected chi connectivity index (χ4v) is 4.91. The van der Waals surface area contributed by atoms with Crippen LogP contribution in [-0.4, -0.2) is 67.2 Å². The molecule has 0 bridgehead atoms. The third-order valence-electron chi connectivity index (χ3n) is 5.09. The summed E-state index contributed by atoms with van der Waals surface area (Å²) in [7, 11) is 0. The Morgan fingerprint density at radius 2 is 2.17 bits per heavy atom. The highest BCUT2D eigenvalue weighted by Crippen LogP contribution is 2.40. The van der Waals surface area contributed by atoms with Crippen molar-refractivity contribution < 1.29 is 28.9 Å². The van der Waals surface area contributed by atoms with Crippen molar-refractivity contribution in [2.45, 2.75) is 18.0 Å². The molecular weight excluding hydrogens is 474 g/mol. The van der Waals surface area contributed by atoms with E-state index in [4.69, 9.17) is 17.0 Å². The molecule has 12 nitrogen and oxygen atoms in total. The van der Waals surface area contributed by atoms with Crippen molar-refractivity contribution in [1.29, 1.82) is 0 Å². The standard InChI is InChI=1S/C22H19N7O5S/c1-2-10-34-27-15(18-24-7-6-14(23)25-18)19(30)26-16-20(31)29-17(22(32)33)13(12-35-21(16)29)11-28-8-4-3-5-9-28/h1,3-9,16,21H,10-12H2,(H3-,23,24,25,26,30,32,33)/p+1/b27-15+/t16?,21-/m1/s1. The number of rotatable bonds is 8. The van der Waals surface area contributed by atoms with E-state index in [2.05, 4.69) is 26.4 Å². The number of anilines is 1. The van der Waals surface area contributed by atoms with E-state index < -0.39 is 29.2 Å². The molecular formula is C22H20N7O5S+. The highest BCUT2D eigenvalue weighted by molar-refractivity contribution is 8.00. The zero-order valence-electron chi connectivity index (χ0n) is 18.2. The second-order valence-electron chi connectivity index (χ2n) is 7.39. The highest BCUT2D eigenvalue weighted by Gasteiger charge is 2.54. The van der Waals surface area contributed by atoms with Gasteiger partial charge in [0.25, 0.3) is 11.8 Å². The number of nitrogen functional groups attached to an aromatic ring is 1. The summed E-state index contributed by atoms with van der Waals surface area (Å²) in [6.07, 6.45) is 10.1. The number of aromatic nitrogens is 3. The molecule has 0 spiro atoms. The van der Waals surface area contributed by atoms with E-state index in [1.807, 2.05) is 35.2 Å². The second kappa shape index (κ2) is 10.2. The SMILES string of the molecule is C#CCO/N=C(/C(=O)NC1C(=O)N2C(C(=O)O)=C(C[n+]3ccccc3)CS[C@H]12)c1nccc(N)n1. The van der Waals surface area contributed by atoms with Crippen molar-refractivity contribution in [1.82, 2.24) is 20.2 Å². The van der Waals surface area contributed by atoms with Crippen molar-refractivity contribution in [3.63, 3.8) is 0 Å². The van der Waals surface area contributed by atoms with Gasteiger partial charge in [-0.15, -0.1) is 18.2 Å². The minimum Gasteiger partial charge on any atom is -0.477 e. The number of fused-ring (bicyclic) bond motifs is 1. The van der Waals surface area contributed by atoms with Crippen LogP contribution < -0.4 is 15.6 Å². The summed E-state index contributed by atoms with van der Waals surface area (Å²) in [5.41, 5.74) is 5.86. The van der Waals surface area contributed by atoms with Crippen molar-refractivity contribution in [2.75, 3.05) is 18.1 Å². The molecule has 13 heteroatoms. The number of nitrogens with one attached hydrogen (secondary N) is 1. The van der Waals surface area contributed by atoms with Gasteiger partial charge in [0.2, 0.25) is 5.71 Å². The van der Waals surface area contributed by atoms with Gasteiger partial charge in [0.05, 0.1) is 0 Å². The quantitative estimate of drug-likeness (QED) is 0.106. The fourth-order valence-electron chi connectivity index (χ4n) is 3.58. The van der Waals surface area contributed by atoms with Gasteiger partial charge < -0.3 is 21.0 Å². The van der Waals surface area contributed by atoms with Crippen LogP contribution in [0.5, 0.6) is 0 Å². The maximum Gasteiger partial charge on any atom is 0.352 e. The molecule has 2 aliphatic heterocycles. The van der Waals surface area contributed by atoms with E-state index in [1.54, 1.807) is 0 Å². The van der Waals surface area contributed by atoms with Crippen molar-refractivity contribution in [3.05, 3.63) is 60.0 Å². The lowest BCUT2D eigenvalue weighted by atomic mass is 10.0. The first-order valence-electron chi connectivity index (χ1n) is 10.3. The predicted octanol–water partition coefficient (Wildman–Crippen LogP) is -0.861. The molecule has 0 aromatic carbocycles. The average Bonchev–Trinajstić information content (AvgIpc) is 2.85. The summed E-state index contributed by atoms with van der Waals surface area (Å²) in [6.45, 7) is 0.113. The van der Waals surface area contributed by atoms with Crippen molar-refractivity contribution in [3.8, 4) is 12.3 Å². The number of aliphatic carboxylic acids is 1. The number of carboxylic acids is 1. The minimum atomic E-state index is -1.21. The lowest BCUT2D eigenvalue weighted by Crippen LogP contribution is -2.71. The number of β-lactam (4-membered cyclic amide) rings is 1. The van der Waals surface area contributed by atoms with E-state index >= 15 is 0 Å². The van der Waals surface area contributed by atoms with Gasteiger partial charge in [0, 0.05) is 29.7 Å². The van der Waals surface area contributed by atoms with Gasteiger partial charge in [-0.25, -0.2) is 19.3 Å². The Morgan fingerprint density at radius 3 is 2.86 bits per heavy atom. The molecule has 2 atom stereocenters. The Hall–Kier alpha value is -4.44. The van der Waals surface area contributed by atoms with Gasteiger partial charge in [-0.3, -0.25) is 14.5 Å². The Morgan fingerprint density at radius 1 is 1.40 bits per heavy atom. The van der Waals surface area contributed by atoms with E-state index in [0.717, 1.165) is 0 Å². The number of thioether (sulfide) groups is 1. The Balaban J connectivity index is 1.54. The summed E-state index contributed by atoms with van der Waals surface area (Å²) in [4.78, 5) is 52.1. The number of pyridine rings is 1. The maximum absolute atomic E-state index is 13.0. The third-order valence-corrected chi connectivity index (χ3v) is 6.43. The molecule has 4 rings (SSSR count). The van der Waals surface area contributed by atoms with Crippen LogP contribution in [0.25, 0.3) is 0 Å². The number of amides is 2. The predicted molar refractivity (Wildman–Crippen MR) is 124 cm³/mol. The van der Waals surface area contributed by atoms with Gasteiger partial charge in [0.1, 0.15) is 22.9 Å². The number of terminal acetylenes is 1. The zero-order chi connectivity index (χ0) is 24.9. The molecule has 35 heavy (non-hydrogen) atoms. The van der Waals surface area contributed by atoms with Gasteiger partial charge in [-0.1, -0.05) is 17.1 Å². The molecule has 0 aliphatic carbocycles. The molecule has 1 fully saturated rings. The summed E-state index contributed by atoms with van der Waals surface area (Å²) in [5.74, 6) is 0.00787. The number of nitrogens with two attached hydrogens (primary N) is 1. The number of carboxylic acid groups (broad SMARTS) is 1. The molecule has 2 aromatic heterocycles. The lowest BCUT2D eigenvalue weighted by molar-refractivity contribution is -0.689. The van der Waals surface area contributed by atoms with Crippen LogP contribution in [-0.2, 0) is 25.8 Å². The van der Waals surface area contributed by atoms with Crippen molar-refractivity contribution in [2.24, 2.45) is 5.16 Å². The Bertz CT molecular complexity index is 1270. The van der Waals surface area contributed by atoms with Gasteiger partial charge >= 0.3 is 5.97 Å². The largest absolute Gasteiger partial charge is 0.477 e. The highest BCUT2D eigenvalue weighted by atomic mass is 32.2. The first kappa shape index (κ1) is 23.7. The molecule has 2 aromatic rings. The molecule has 1 saturated heterocycles. The molecule has 0 radical (unpaired) electrons. The van der Waals surface area contributed by atoms with E-state index in [0.29, 0.717) is 17.9 Å². The van der Waals surface area contributed by atoms with Gasteiger partial charge in [-0.05, 0) is 6.07 Å². The Kier molecular flexibility index (Phi) is 6.93. The summed E-state index contributed by atoms with van der Waals surface area (Å²) < 4.78 is 1.83. The van der Waals surface area contributed by atoms with E-state index in [9.17, 15) is 19.5 Å². The lowest BCUT2D eigenvalue weighted by Gasteiger charge is -2.49. The number of nitrogens with zero attached hydrogens (tertiary/aromatic N) is 5. The molecule has 2 aliphatic rings. The van der Waals surface area contributed by atoms with Crippen LogP contribution in [0, 0.1) is 12.3 Å². The molecule has 4 N–H and O–H groups in total. The van der Waals surface area contributed by atoms with Crippen LogP contribution in [0.4, 0.5) is 5.82 Å². The average molecular weight is 495 g/mol. The molecule has 178 valence electrons. The van der Waals surface area contributed by atoms with Gasteiger partial charge in [0.15, 0.2) is 31.4 Å². The second-order valence-corrected chi connectivity index (χ2v) is 8.49. The molecule has 2 amide bonds. The maximum atomic E-state index is 13.0. The molecule has 0 saturated carbocycles. The summed E-state index contributed by atoms with van der Waals surface area (Å²) in [5, 5.41) is 15.5. The monoisotopic (exact) mass is 494 g/mol. The first-order valence-corrected chi connectivity index (χ1v) is 11.3. The third kappa shape index (κ3) is 4.92. The van der Waals surface area contributed by atoms with E-state index in [-0.39, 0.29) is 29.7 Å². The number of oxime groups is 1. The van der Waals surface area contributed by atoms with Crippen LogP contribution in [0.15, 0.2) is 59.3 Å². The van der Waals surface area contributed by atoms with Crippen LogP contribution >= 0.6 is 11.8 Å². The molecule has 4 heterocycles. The van der Waals surface area contributed by atoms with Crippen LogP contribution in [0.2, 0.25) is 0 Å². The van der Waals surface area contributed by atoms with Crippen LogP contribution in [0.1, 0.15) is 5.82 Å². The number of hydrogen-bond donors (Lipinski definition) is 3. The fraction of sp³-hybridized carbons (Fsp3) is 0.227. The first-order chi connectivity index (χ1) is 16.9. The number of carbonyl (C=O) groups excluding carboxylic acids is 2. The normalized spacial score (nSPS) is 19.3. The van der Waals surface area contributed by atoms with Crippen molar-refractivity contribution >= 4 is 41.1 Å². The zero-order valence-corrected chi connectivity index (χ0v) is 19.0. The minimum absolute atomic E-state index is 0.0778. The summed E-state index contributed by atoms with van der Waals surface area (Å²) >= 11 is 1.35. The Labute approximate surface area is 203 Å². The molecule has 1 unspecified atom stereocenters. The van der Waals surface area contributed by atoms with Gasteiger partial charge in [-0.2, -0.15) is 0 Å². The number of hydrogen-bond acceptors (Lipinski definition) is 9. The topological polar surface area (TPSA) is 164 Å². The smallest absolute Gasteiger partial charge is 0.352 e. The summed E-state index contributed by atoms with van der Waals surface area (Å²) in [6, 6.07) is 5.96. The number of carbonyl (C=O) groups is 3. The van der Waals surface area contributed by atoms with Crippen LogP contribution in [0.3, 0.4) is 0 Å².